The van der Waals surface area contributed by atoms with E-state index in [2.05, 4.69) is 15.2 Å². The van der Waals surface area contributed by atoms with Crippen molar-refractivity contribution in [2.24, 2.45) is 0 Å². The minimum absolute atomic E-state index is 0.145. The summed E-state index contributed by atoms with van der Waals surface area (Å²) in [5.74, 6) is 0. The van der Waals surface area contributed by atoms with E-state index in [1.54, 1.807) is 16.8 Å². The van der Waals surface area contributed by atoms with Crippen molar-refractivity contribution in [3.8, 4) is 5.69 Å². The molecule has 8 heteroatoms. The molecule has 2 fully saturated rings. The summed E-state index contributed by atoms with van der Waals surface area (Å²) in [6.45, 7) is 3.76. The molecule has 1 aromatic carbocycles. The molecule has 4 nitrogen and oxygen atoms in total. The van der Waals surface area contributed by atoms with Crippen LogP contribution in [0.15, 0.2) is 54.7 Å². The summed E-state index contributed by atoms with van der Waals surface area (Å²) in [6.07, 6.45) is 1.75. The Morgan fingerprint density at radius 1 is 1.03 bits per heavy atom. The number of aromatic nitrogens is 2. The second-order valence-corrected chi connectivity index (χ2v) is 9.54. The number of nitrogens with zero attached hydrogens (tertiary/aromatic N) is 3. The summed E-state index contributed by atoms with van der Waals surface area (Å²) in [6, 6.07) is 13.6. The summed E-state index contributed by atoms with van der Waals surface area (Å²) in [5.41, 5.74) is 2.90. The molecule has 0 radical (unpaired) electrons. The fraction of sp³-hybridized carbons (Fsp3) is 0.385. The van der Waals surface area contributed by atoms with Gasteiger partial charge < -0.3 is 14.8 Å². The first-order valence-corrected chi connectivity index (χ1v) is 12.0. The molecule has 0 spiro atoms. The van der Waals surface area contributed by atoms with Gasteiger partial charge in [0, 0.05) is 23.6 Å². The zero-order valence-corrected chi connectivity index (χ0v) is 20.0. The van der Waals surface area contributed by atoms with Crippen LogP contribution in [-0.4, -0.2) is 25.6 Å². The van der Waals surface area contributed by atoms with Gasteiger partial charge in [-0.15, -0.1) is 0 Å². The number of hydrogen-bond donors (Lipinski definition) is 1. The predicted octanol–water partition coefficient (Wildman–Crippen LogP) is 6.42. The molecule has 3 heterocycles. The van der Waals surface area contributed by atoms with Crippen molar-refractivity contribution in [2.45, 2.75) is 63.8 Å². The van der Waals surface area contributed by atoms with Crippen molar-refractivity contribution in [1.29, 1.82) is 0 Å². The molecular formula is C26H27F3N4S. The molecule has 2 atom stereocenters. The molecule has 1 aliphatic heterocycles. The van der Waals surface area contributed by atoms with Gasteiger partial charge in [0.25, 0.3) is 0 Å². The number of alkyl halides is 3. The van der Waals surface area contributed by atoms with Gasteiger partial charge in [0.05, 0.1) is 29.0 Å². The number of pyridine rings is 1. The first kappa shape index (κ1) is 22.9. The smallest absolute Gasteiger partial charge is 0.352 e. The molecule has 0 amide bonds. The van der Waals surface area contributed by atoms with Gasteiger partial charge in [-0.05, 0) is 74.8 Å². The minimum atomic E-state index is -4.44. The molecule has 2 aromatic heterocycles. The first-order valence-electron chi connectivity index (χ1n) is 11.6. The van der Waals surface area contributed by atoms with E-state index in [0.717, 1.165) is 54.4 Å². The minimum Gasteiger partial charge on any atom is -0.352 e. The van der Waals surface area contributed by atoms with Crippen LogP contribution >= 0.6 is 12.2 Å². The standard InChI is InChI=1S/C26H27F3N4S/c1-16-15-19(17(2)32(16)22-13-6-5-11-20(22)26(27,28)29)24-23(21-12-7-8-14-30-21)31-25(34)33(24)18-9-3-4-10-18/h5-8,11-15,18,23-24H,3-4,9-10H2,1-2H3,(H,31,34)/t23-,24-/m0/s1. The second-order valence-electron chi connectivity index (χ2n) is 9.15. The maximum Gasteiger partial charge on any atom is 0.418 e. The summed E-state index contributed by atoms with van der Waals surface area (Å²) in [5, 5.41) is 4.17. The maximum absolute atomic E-state index is 13.8. The van der Waals surface area contributed by atoms with Crippen molar-refractivity contribution >= 4 is 17.3 Å². The fourth-order valence-corrected chi connectivity index (χ4v) is 6.03. The van der Waals surface area contributed by atoms with Crippen LogP contribution in [0.2, 0.25) is 0 Å². The Hall–Kier alpha value is -2.87. The van der Waals surface area contributed by atoms with Crippen molar-refractivity contribution in [1.82, 2.24) is 19.8 Å². The average Bonchev–Trinajstić information content (AvgIpc) is 3.51. The van der Waals surface area contributed by atoms with Crippen LogP contribution in [0.1, 0.15) is 66.0 Å². The van der Waals surface area contributed by atoms with Crippen LogP contribution in [0.5, 0.6) is 0 Å². The van der Waals surface area contributed by atoms with Crippen LogP contribution in [0.4, 0.5) is 13.2 Å². The lowest BCUT2D eigenvalue weighted by Gasteiger charge is -2.33. The van der Waals surface area contributed by atoms with Crippen LogP contribution in [0, 0.1) is 13.8 Å². The van der Waals surface area contributed by atoms with E-state index in [-0.39, 0.29) is 17.8 Å². The monoisotopic (exact) mass is 484 g/mol. The number of benzene rings is 1. The highest BCUT2D eigenvalue weighted by Gasteiger charge is 2.45. The summed E-state index contributed by atoms with van der Waals surface area (Å²) in [4.78, 5) is 6.87. The molecule has 2 aliphatic rings. The zero-order chi connectivity index (χ0) is 24.0. The van der Waals surface area contributed by atoms with Crippen LogP contribution < -0.4 is 5.32 Å². The lowest BCUT2D eigenvalue weighted by molar-refractivity contribution is -0.137. The first-order chi connectivity index (χ1) is 16.3. The summed E-state index contributed by atoms with van der Waals surface area (Å²) >= 11 is 5.81. The topological polar surface area (TPSA) is 33.1 Å². The van der Waals surface area contributed by atoms with Crippen LogP contribution in [-0.2, 0) is 6.18 Å². The highest BCUT2D eigenvalue weighted by Crippen LogP contribution is 2.45. The largest absolute Gasteiger partial charge is 0.418 e. The number of halogens is 3. The van der Waals surface area contributed by atoms with Gasteiger partial charge in [-0.25, -0.2) is 0 Å². The maximum atomic E-state index is 13.8. The van der Waals surface area contributed by atoms with Gasteiger partial charge in [-0.1, -0.05) is 31.0 Å². The average molecular weight is 485 g/mol. The molecule has 0 bridgehead atoms. The van der Waals surface area contributed by atoms with E-state index in [0.29, 0.717) is 11.2 Å². The van der Waals surface area contributed by atoms with E-state index in [1.807, 2.05) is 38.1 Å². The second kappa shape index (κ2) is 8.73. The van der Waals surface area contributed by atoms with Crippen molar-refractivity contribution in [2.75, 3.05) is 0 Å². The van der Waals surface area contributed by atoms with Gasteiger partial charge in [0.2, 0.25) is 0 Å². The number of rotatable bonds is 4. The predicted molar refractivity (Wildman–Crippen MR) is 130 cm³/mol. The number of thiocarbonyl (C=S) groups is 1. The molecule has 1 saturated heterocycles. The molecule has 1 N–H and O–H groups in total. The molecule has 0 unspecified atom stereocenters. The molecule has 34 heavy (non-hydrogen) atoms. The normalized spacial score (nSPS) is 21.3. The third-order valence-electron chi connectivity index (χ3n) is 7.09. The fourth-order valence-electron chi connectivity index (χ4n) is 5.64. The lowest BCUT2D eigenvalue weighted by atomic mass is 9.95. The Bertz CT molecular complexity index is 1200. The van der Waals surface area contributed by atoms with Gasteiger partial charge in [0.1, 0.15) is 0 Å². The lowest BCUT2D eigenvalue weighted by Crippen LogP contribution is -2.37. The molecule has 1 aliphatic carbocycles. The van der Waals surface area contributed by atoms with Gasteiger partial charge >= 0.3 is 6.18 Å². The zero-order valence-electron chi connectivity index (χ0n) is 19.1. The number of hydrogen-bond acceptors (Lipinski definition) is 2. The number of aryl methyl sites for hydroxylation is 1. The Labute approximate surface area is 202 Å². The van der Waals surface area contributed by atoms with Gasteiger partial charge in [0.15, 0.2) is 5.11 Å². The Morgan fingerprint density at radius 2 is 1.74 bits per heavy atom. The molecular weight excluding hydrogens is 457 g/mol. The van der Waals surface area contributed by atoms with Crippen molar-refractivity contribution < 1.29 is 13.2 Å². The van der Waals surface area contributed by atoms with Crippen LogP contribution in [0.3, 0.4) is 0 Å². The molecule has 178 valence electrons. The molecule has 1 saturated carbocycles. The third-order valence-corrected chi connectivity index (χ3v) is 7.42. The third kappa shape index (κ3) is 3.87. The molecule has 5 rings (SSSR count). The van der Waals surface area contributed by atoms with Crippen molar-refractivity contribution in [3.05, 3.63) is 82.9 Å². The van der Waals surface area contributed by atoms with Gasteiger partial charge in [-0.2, -0.15) is 13.2 Å². The van der Waals surface area contributed by atoms with E-state index in [1.165, 1.54) is 12.1 Å². The highest BCUT2D eigenvalue weighted by atomic mass is 32.1. The van der Waals surface area contributed by atoms with E-state index in [4.69, 9.17) is 12.2 Å². The Balaban J connectivity index is 1.66. The SMILES string of the molecule is Cc1cc([C@H]2[C@H](c3ccccn3)NC(=S)N2C2CCCC2)c(C)n1-c1ccccc1C(F)(F)F. The molecule has 3 aromatic rings. The van der Waals surface area contributed by atoms with E-state index < -0.39 is 11.7 Å². The Kier molecular flexibility index (Phi) is 5.88. The number of para-hydroxylation sites is 1. The number of nitrogens with one attached hydrogen (secondary N) is 1. The summed E-state index contributed by atoms with van der Waals surface area (Å²) < 4.78 is 43.3. The van der Waals surface area contributed by atoms with Gasteiger partial charge in [-0.3, -0.25) is 4.98 Å². The van der Waals surface area contributed by atoms with E-state index >= 15 is 0 Å². The quantitative estimate of drug-likeness (QED) is 0.433. The highest BCUT2D eigenvalue weighted by molar-refractivity contribution is 7.80. The Morgan fingerprint density at radius 3 is 2.41 bits per heavy atom. The van der Waals surface area contributed by atoms with Crippen molar-refractivity contribution in [3.63, 3.8) is 0 Å². The van der Waals surface area contributed by atoms with E-state index in [9.17, 15) is 13.2 Å². The van der Waals surface area contributed by atoms with Crippen LogP contribution in [0.25, 0.3) is 5.69 Å². The summed E-state index contributed by atoms with van der Waals surface area (Å²) in [7, 11) is 0.